The summed E-state index contributed by atoms with van der Waals surface area (Å²) in [6.07, 6.45) is 10.0. The number of carbonyl (C=O) groups excluding carboxylic acids is 6. The number of ether oxygens (including phenoxy) is 6. The molecule has 71 heavy (non-hydrogen) atoms. The molecule has 0 fully saturated rings. The summed E-state index contributed by atoms with van der Waals surface area (Å²) < 4.78 is 31.0. The van der Waals surface area contributed by atoms with Gasteiger partial charge < -0.3 is 33.5 Å². The van der Waals surface area contributed by atoms with E-state index in [9.17, 15) is 33.6 Å². The number of carboxylic acid groups (broad SMARTS) is 1. The molecule has 0 radical (unpaired) electrons. The number of aromatic carboxylic acids is 1. The van der Waals surface area contributed by atoms with E-state index in [4.69, 9.17) is 33.5 Å². The highest BCUT2D eigenvalue weighted by Crippen LogP contribution is 2.24. The van der Waals surface area contributed by atoms with Crippen LogP contribution in [0.15, 0.2) is 54.6 Å². The van der Waals surface area contributed by atoms with Crippen LogP contribution >= 0.6 is 0 Å². The average molecular weight is 1010 g/mol. The summed E-state index contributed by atoms with van der Waals surface area (Å²) in [4.78, 5) is 81.5. The molecule has 410 valence electrons. The Morgan fingerprint density at radius 3 is 1.45 bits per heavy atom. The van der Waals surface area contributed by atoms with Gasteiger partial charge in [0, 0.05) is 12.8 Å². The fourth-order valence-electron chi connectivity index (χ4n) is 5.31. The van der Waals surface area contributed by atoms with Crippen LogP contribution in [-0.4, -0.2) is 79.9 Å². The lowest BCUT2D eigenvalue weighted by Crippen LogP contribution is -2.27. The van der Waals surface area contributed by atoms with Gasteiger partial charge in [-0.2, -0.15) is 0 Å². The third-order valence-electron chi connectivity index (χ3n) is 11.5. The molecule has 1 unspecified atom stereocenters. The summed E-state index contributed by atoms with van der Waals surface area (Å²) in [5.74, 6) is -2.64. The molecule has 2 aromatic carbocycles. The number of carboxylic acids is 1. The molecule has 0 aromatic heterocycles. The third kappa shape index (κ3) is 33.1. The standard InChI is InChI=1S/C24H44O6.C16H20O6.C13H18O2.4CH4/c1-6-9-14-20(7-2)19-30-22(26)15-11-10-12-17-28-21(25)16-13-18-29-23(27)24(4,5)8-3;1-4-16(2,3)15(20)22-10-9-21-14(19)12-8-6-5-7-11(12)13(17)18;1-4-13(2,3)12(14)15-10-11-8-6-5-7-9-11;;;;/h20H,6-19H2,1-5H3;5-8H,4,9-10H2,1-3H3,(H,17,18);5-9H,4,10H2,1-3H3;4*1H4. The lowest BCUT2D eigenvalue weighted by molar-refractivity contribution is -0.156. The fraction of sp³-hybridized carbons (Fsp3) is 0.667. The minimum atomic E-state index is -1.20. The van der Waals surface area contributed by atoms with Crippen LogP contribution < -0.4 is 0 Å². The van der Waals surface area contributed by atoms with Crippen molar-refractivity contribution in [3.8, 4) is 0 Å². The number of unbranched alkanes of at least 4 members (excludes halogenated alkanes) is 3. The summed E-state index contributed by atoms with van der Waals surface area (Å²) in [5.41, 5.74) is -0.585. The predicted molar refractivity (Wildman–Crippen MR) is 284 cm³/mol. The molecule has 0 spiro atoms. The number of esters is 6. The van der Waals surface area contributed by atoms with Gasteiger partial charge >= 0.3 is 41.8 Å². The molecule has 1 atom stereocenters. The molecule has 1 N–H and O–H groups in total. The number of hydrogen-bond donors (Lipinski definition) is 1. The Kier molecular flexibility index (Phi) is 43.5. The lowest BCUT2D eigenvalue weighted by atomic mass is 9.91. The van der Waals surface area contributed by atoms with Gasteiger partial charge in [0.15, 0.2) is 0 Å². The normalized spacial score (nSPS) is 10.9. The van der Waals surface area contributed by atoms with Gasteiger partial charge in [0.1, 0.15) is 19.8 Å². The monoisotopic (exact) mass is 1010 g/mol. The van der Waals surface area contributed by atoms with E-state index in [0.717, 1.165) is 44.1 Å². The molecule has 0 saturated heterocycles. The average Bonchev–Trinajstić information content (AvgIpc) is 3.32. The smallest absolute Gasteiger partial charge is 0.339 e. The van der Waals surface area contributed by atoms with Crippen molar-refractivity contribution in [2.24, 2.45) is 22.2 Å². The molecule has 14 heteroatoms. The topological polar surface area (TPSA) is 195 Å². The Labute approximate surface area is 430 Å². The Hall–Kier alpha value is -5.27. The second-order valence-corrected chi connectivity index (χ2v) is 18.3. The van der Waals surface area contributed by atoms with Crippen LogP contribution in [0.3, 0.4) is 0 Å². The van der Waals surface area contributed by atoms with E-state index in [1.165, 1.54) is 31.0 Å². The van der Waals surface area contributed by atoms with Gasteiger partial charge in [-0.25, -0.2) is 9.59 Å². The van der Waals surface area contributed by atoms with Crippen LogP contribution in [-0.2, 0) is 59.0 Å². The first-order valence-corrected chi connectivity index (χ1v) is 24.0. The van der Waals surface area contributed by atoms with Gasteiger partial charge in [-0.05, 0) is 117 Å². The van der Waals surface area contributed by atoms with E-state index in [1.807, 2.05) is 78.8 Å². The van der Waals surface area contributed by atoms with Gasteiger partial charge in [-0.3, -0.25) is 24.0 Å². The van der Waals surface area contributed by atoms with Crippen molar-refractivity contribution >= 4 is 41.8 Å². The molecule has 2 rings (SSSR count). The lowest BCUT2D eigenvalue weighted by Gasteiger charge is -2.20. The maximum Gasteiger partial charge on any atom is 0.339 e. The third-order valence-corrected chi connectivity index (χ3v) is 11.5. The highest BCUT2D eigenvalue weighted by Gasteiger charge is 2.29. The predicted octanol–water partition coefficient (Wildman–Crippen LogP) is 13.8. The molecular weight excluding hydrogens is 909 g/mol. The van der Waals surface area contributed by atoms with Gasteiger partial charge in [0.05, 0.1) is 47.2 Å². The van der Waals surface area contributed by atoms with Crippen molar-refractivity contribution in [2.45, 2.75) is 196 Å². The van der Waals surface area contributed by atoms with Crippen LogP contribution in [0.1, 0.15) is 216 Å². The van der Waals surface area contributed by atoms with Gasteiger partial charge in [0.25, 0.3) is 0 Å². The zero-order chi connectivity index (χ0) is 50.9. The van der Waals surface area contributed by atoms with Gasteiger partial charge in [0.2, 0.25) is 0 Å². The second kappa shape index (κ2) is 41.4. The van der Waals surface area contributed by atoms with Crippen molar-refractivity contribution in [1.29, 1.82) is 0 Å². The summed E-state index contributed by atoms with van der Waals surface area (Å²) in [7, 11) is 0. The SMILES string of the molecule is C.C.C.C.CCC(C)(C)C(=O)OCCOC(=O)c1ccccc1C(=O)O.CCC(C)(C)C(=O)OCc1ccccc1.CCCCC(CC)COC(=O)CCCCCOC(=O)CCCOC(=O)C(C)(C)CC. The Bertz CT molecular complexity index is 1770. The Balaban J connectivity index is -0.000000313. The molecule has 0 amide bonds. The quantitative estimate of drug-likeness (QED) is 0.0459. The van der Waals surface area contributed by atoms with Crippen LogP contribution in [0.25, 0.3) is 0 Å². The molecule has 0 aliphatic heterocycles. The molecule has 14 nitrogen and oxygen atoms in total. The molecular formula is C57H98O14. The van der Waals surface area contributed by atoms with Crippen LogP contribution in [0.5, 0.6) is 0 Å². The zero-order valence-corrected chi connectivity index (χ0v) is 42.5. The molecule has 0 heterocycles. The Morgan fingerprint density at radius 1 is 0.493 bits per heavy atom. The summed E-state index contributed by atoms with van der Waals surface area (Å²) in [6.45, 7) is 22.4. The molecule has 2 aromatic rings. The largest absolute Gasteiger partial charge is 0.478 e. The van der Waals surface area contributed by atoms with E-state index in [-0.39, 0.29) is 102 Å². The minimum Gasteiger partial charge on any atom is -0.478 e. The molecule has 0 saturated carbocycles. The fourth-order valence-corrected chi connectivity index (χ4v) is 5.31. The van der Waals surface area contributed by atoms with Gasteiger partial charge in [-0.15, -0.1) is 0 Å². The highest BCUT2D eigenvalue weighted by atomic mass is 16.6. The van der Waals surface area contributed by atoms with Crippen LogP contribution in [0.2, 0.25) is 0 Å². The highest BCUT2D eigenvalue weighted by molar-refractivity contribution is 6.02. The number of hydrogen-bond acceptors (Lipinski definition) is 13. The number of carbonyl (C=O) groups is 7. The van der Waals surface area contributed by atoms with Crippen LogP contribution in [0.4, 0.5) is 0 Å². The van der Waals surface area contributed by atoms with E-state index in [2.05, 4.69) is 13.8 Å². The van der Waals surface area contributed by atoms with E-state index < -0.39 is 22.8 Å². The second-order valence-electron chi connectivity index (χ2n) is 18.3. The molecule has 0 aliphatic rings. The van der Waals surface area contributed by atoms with Gasteiger partial charge in [-0.1, -0.05) is 126 Å². The maximum absolute atomic E-state index is 11.8. The first-order chi connectivity index (χ1) is 31.6. The van der Waals surface area contributed by atoms with Crippen molar-refractivity contribution < 1.29 is 67.1 Å². The van der Waals surface area contributed by atoms with Crippen molar-refractivity contribution in [3.63, 3.8) is 0 Å². The molecule has 0 bridgehead atoms. The summed E-state index contributed by atoms with van der Waals surface area (Å²) in [6, 6.07) is 15.5. The summed E-state index contributed by atoms with van der Waals surface area (Å²) >= 11 is 0. The first kappa shape index (κ1) is 74.7. The van der Waals surface area contributed by atoms with E-state index in [1.54, 1.807) is 19.9 Å². The van der Waals surface area contributed by atoms with Crippen molar-refractivity contribution in [2.75, 3.05) is 33.0 Å². The number of rotatable bonds is 29. The number of benzene rings is 2. The first-order valence-electron chi connectivity index (χ1n) is 24.0. The van der Waals surface area contributed by atoms with E-state index >= 15 is 0 Å². The molecule has 0 aliphatic carbocycles. The van der Waals surface area contributed by atoms with Crippen LogP contribution in [0, 0.1) is 22.2 Å². The zero-order valence-electron chi connectivity index (χ0n) is 42.5. The Morgan fingerprint density at radius 2 is 0.944 bits per heavy atom. The summed E-state index contributed by atoms with van der Waals surface area (Å²) in [5, 5.41) is 9.00. The maximum atomic E-state index is 11.8. The van der Waals surface area contributed by atoms with Crippen molar-refractivity contribution in [1.82, 2.24) is 0 Å². The van der Waals surface area contributed by atoms with E-state index in [0.29, 0.717) is 51.4 Å². The van der Waals surface area contributed by atoms with Crippen molar-refractivity contribution in [3.05, 3.63) is 71.3 Å². The minimum absolute atomic E-state index is 0.